The number of aromatic nitrogens is 4. The quantitative estimate of drug-likeness (QED) is 0.665. The Kier molecular flexibility index (Phi) is 3.02. The van der Waals surface area contributed by atoms with Crippen molar-refractivity contribution in [3.05, 3.63) is 30.5 Å². The molecule has 86 valence electrons. The molecule has 0 bridgehead atoms. The number of aromatic amines is 2. The Balaban J connectivity index is 1.91. The smallest absolute Gasteiger partial charge is 0.257 e. The summed E-state index contributed by atoms with van der Waals surface area (Å²) in [6.07, 6.45) is 5.17. The van der Waals surface area contributed by atoms with Gasteiger partial charge in [0.1, 0.15) is 0 Å². The van der Waals surface area contributed by atoms with Gasteiger partial charge in [-0.1, -0.05) is 0 Å². The lowest BCUT2D eigenvalue weighted by atomic mass is 10.3. The van der Waals surface area contributed by atoms with Gasteiger partial charge in [-0.2, -0.15) is 5.10 Å². The van der Waals surface area contributed by atoms with Crippen LogP contribution in [0.5, 0.6) is 0 Å². The van der Waals surface area contributed by atoms with Gasteiger partial charge in [-0.25, -0.2) is 18.1 Å². The highest BCUT2D eigenvalue weighted by molar-refractivity contribution is 7.89. The van der Waals surface area contributed by atoms with Gasteiger partial charge in [0.25, 0.3) is 10.0 Å². The number of nitrogens with one attached hydrogen (secondary N) is 3. The van der Waals surface area contributed by atoms with Gasteiger partial charge in [0.2, 0.25) is 0 Å². The normalized spacial score (nSPS) is 11.8. The van der Waals surface area contributed by atoms with Gasteiger partial charge < -0.3 is 4.98 Å². The van der Waals surface area contributed by atoms with Crippen LogP contribution in [0.3, 0.4) is 0 Å². The highest BCUT2D eigenvalue weighted by atomic mass is 32.2. The predicted octanol–water partition coefficient (Wildman–Crippen LogP) is -0.346. The molecule has 0 aliphatic heterocycles. The second kappa shape index (κ2) is 4.45. The fourth-order valence-corrected chi connectivity index (χ4v) is 2.15. The first-order chi connectivity index (χ1) is 7.68. The third kappa shape index (κ3) is 2.47. The lowest BCUT2D eigenvalue weighted by Gasteiger charge is -2.02. The van der Waals surface area contributed by atoms with Crippen LogP contribution in [0, 0.1) is 0 Å². The number of H-pyrrole nitrogens is 2. The second-order valence-electron chi connectivity index (χ2n) is 3.15. The van der Waals surface area contributed by atoms with E-state index in [2.05, 4.69) is 24.9 Å². The number of hydrogen-bond acceptors (Lipinski definition) is 4. The van der Waals surface area contributed by atoms with E-state index in [-0.39, 0.29) is 5.03 Å². The highest BCUT2D eigenvalue weighted by Gasteiger charge is 2.14. The first-order valence-electron chi connectivity index (χ1n) is 4.65. The van der Waals surface area contributed by atoms with Crippen LogP contribution in [-0.4, -0.2) is 35.1 Å². The predicted molar refractivity (Wildman–Crippen MR) is 56.1 cm³/mol. The molecule has 16 heavy (non-hydrogen) atoms. The molecule has 2 aromatic heterocycles. The molecule has 0 aromatic carbocycles. The summed E-state index contributed by atoms with van der Waals surface area (Å²) in [5.74, 6) is 0. The Hall–Kier alpha value is -1.67. The molecule has 0 fully saturated rings. The van der Waals surface area contributed by atoms with E-state index in [9.17, 15) is 8.42 Å². The standard InChI is InChI=1S/C8H11N5O2S/c14-16(15,8-2-3-11-13-8)12-4-1-7-5-9-6-10-7/h2-3,5-6,12H,1,4H2,(H,9,10)(H,11,13). The Labute approximate surface area is 92.4 Å². The van der Waals surface area contributed by atoms with Gasteiger partial charge in [-0.05, 0) is 6.07 Å². The molecule has 3 N–H and O–H groups in total. The summed E-state index contributed by atoms with van der Waals surface area (Å²) in [6.45, 7) is 0.309. The molecular weight excluding hydrogens is 230 g/mol. The third-order valence-corrected chi connectivity index (χ3v) is 3.40. The number of imidazole rings is 1. The van der Waals surface area contributed by atoms with E-state index >= 15 is 0 Å². The van der Waals surface area contributed by atoms with Crippen LogP contribution >= 0.6 is 0 Å². The Morgan fingerprint density at radius 1 is 1.44 bits per heavy atom. The van der Waals surface area contributed by atoms with Crippen LogP contribution in [0.15, 0.2) is 29.8 Å². The molecular formula is C8H11N5O2S. The van der Waals surface area contributed by atoms with Crippen molar-refractivity contribution in [3.8, 4) is 0 Å². The van der Waals surface area contributed by atoms with Crippen molar-refractivity contribution in [3.63, 3.8) is 0 Å². The van der Waals surface area contributed by atoms with Crippen molar-refractivity contribution in [2.24, 2.45) is 0 Å². The maximum atomic E-state index is 11.6. The fraction of sp³-hybridized carbons (Fsp3) is 0.250. The van der Waals surface area contributed by atoms with Crippen LogP contribution in [0.25, 0.3) is 0 Å². The lowest BCUT2D eigenvalue weighted by molar-refractivity contribution is 0.577. The van der Waals surface area contributed by atoms with E-state index in [0.717, 1.165) is 5.69 Å². The Morgan fingerprint density at radius 3 is 2.94 bits per heavy atom. The molecule has 8 heteroatoms. The third-order valence-electron chi connectivity index (χ3n) is 2.01. The summed E-state index contributed by atoms with van der Waals surface area (Å²) in [5.41, 5.74) is 0.882. The maximum Gasteiger partial charge on any atom is 0.257 e. The van der Waals surface area contributed by atoms with Crippen molar-refractivity contribution in [2.45, 2.75) is 11.4 Å². The summed E-state index contributed by atoms with van der Waals surface area (Å²) in [4.78, 5) is 6.73. The zero-order valence-corrected chi connectivity index (χ0v) is 9.16. The average molecular weight is 241 g/mol. The largest absolute Gasteiger partial charge is 0.348 e. The zero-order valence-electron chi connectivity index (χ0n) is 8.34. The van der Waals surface area contributed by atoms with Crippen molar-refractivity contribution in [2.75, 3.05) is 6.54 Å². The van der Waals surface area contributed by atoms with Crippen LogP contribution in [0.2, 0.25) is 0 Å². The van der Waals surface area contributed by atoms with Crippen LogP contribution in [0.4, 0.5) is 0 Å². The summed E-state index contributed by atoms with van der Waals surface area (Å²) >= 11 is 0. The summed E-state index contributed by atoms with van der Waals surface area (Å²) in [5, 5.41) is 6.05. The van der Waals surface area contributed by atoms with Crippen LogP contribution in [0.1, 0.15) is 5.69 Å². The molecule has 0 radical (unpaired) electrons. The molecule has 0 aliphatic rings. The molecule has 0 amide bonds. The van der Waals surface area contributed by atoms with Gasteiger partial charge in [0.05, 0.1) is 12.5 Å². The minimum atomic E-state index is -3.47. The first-order valence-corrected chi connectivity index (χ1v) is 6.13. The number of rotatable bonds is 5. The zero-order chi connectivity index (χ0) is 11.4. The summed E-state index contributed by atoms with van der Waals surface area (Å²) < 4.78 is 25.7. The maximum absolute atomic E-state index is 11.6. The van der Waals surface area contributed by atoms with Gasteiger partial charge in [0.15, 0.2) is 5.03 Å². The second-order valence-corrected chi connectivity index (χ2v) is 4.88. The van der Waals surface area contributed by atoms with Crippen molar-refractivity contribution >= 4 is 10.0 Å². The summed E-state index contributed by atoms with van der Waals surface area (Å²) in [6, 6.07) is 1.40. The number of nitrogens with zero attached hydrogens (tertiary/aromatic N) is 2. The van der Waals surface area contributed by atoms with Gasteiger partial charge in [-0.3, -0.25) is 5.10 Å². The van der Waals surface area contributed by atoms with Crippen LogP contribution < -0.4 is 4.72 Å². The molecule has 2 aromatic rings. The van der Waals surface area contributed by atoms with Crippen molar-refractivity contribution in [1.82, 2.24) is 24.9 Å². The Morgan fingerprint density at radius 2 is 2.31 bits per heavy atom. The van der Waals surface area contributed by atoms with Gasteiger partial charge >= 0.3 is 0 Å². The van der Waals surface area contributed by atoms with Crippen LogP contribution in [-0.2, 0) is 16.4 Å². The van der Waals surface area contributed by atoms with E-state index in [0.29, 0.717) is 13.0 Å². The van der Waals surface area contributed by atoms with E-state index < -0.39 is 10.0 Å². The minimum Gasteiger partial charge on any atom is -0.348 e. The molecule has 0 aliphatic carbocycles. The van der Waals surface area contributed by atoms with E-state index in [4.69, 9.17) is 0 Å². The summed E-state index contributed by atoms with van der Waals surface area (Å²) in [7, 11) is -3.47. The van der Waals surface area contributed by atoms with E-state index in [1.165, 1.54) is 12.3 Å². The van der Waals surface area contributed by atoms with E-state index in [1.54, 1.807) is 12.5 Å². The first kappa shape index (κ1) is 10.8. The molecule has 7 nitrogen and oxygen atoms in total. The SMILES string of the molecule is O=S(=O)(NCCc1cnc[nH]1)c1ccn[nH]1. The molecule has 0 saturated heterocycles. The fourth-order valence-electron chi connectivity index (χ4n) is 1.21. The monoisotopic (exact) mass is 241 g/mol. The molecule has 2 rings (SSSR count). The number of sulfonamides is 1. The number of hydrogen-bond donors (Lipinski definition) is 3. The molecule has 2 heterocycles. The molecule has 0 saturated carbocycles. The average Bonchev–Trinajstić information content (AvgIpc) is 2.90. The topological polar surface area (TPSA) is 104 Å². The Bertz CT molecular complexity index is 517. The van der Waals surface area contributed by atoms with Crippen molar-refractivity contribution < 1.29 is 8.42 Å². The van der Waals surface area contributed by atoms with E-state index in [1.807, 2.05) is 0 Å². The highest BCUT2D eigenvalue weighted by Crippen LogP contribution is 2.02. The minimum absolute atomic E-state index is 0.0668. The van der Waals surface area contributed by atoms with Crippen molar-refractivity contribution in [1.29, 1.82) is 0 Å². The van der Waals surface area contributed by atoms with Gasteiger partial charge in [-0.15, -0.1) is 0 Å². The molecule has 0 spiro atoms. The lowest BCUT2D eigenvalue weighted by Crippen LogP contribution is -2.26. The molecule has 0 atom stereocenters. The molecule has 0 unspecified atom stereocenters. The van der Waals surface area contributed by atoms with Gasteiger partial charge in [0, 0.05) is 24.9 Å².